The van der Waals surface area contributed by atoms with E-state index in [-0.39, 0.29) is 0 Å². The summed E-state index contributed by atoms with van der Waals surface area (Å²) in [4.78, 5) is 11.5. The molecule has 0 saturated carbocycles. The van der Waals surface area contributed by atoms with Crippen LogP contribution in [0.4, 0.5) is 17.5 Å². The van der Waals surface area contributed by atoms with Gasteiger partial charge in [-0.05, 0) is 39.5 Å². The van der Waals surface area contributed by atoms with Crippen LogP contribution in [0.25, 0.3) is 0 Å². The van der Waals surface area contributed by atoms with E-state index in [1.165, 1.54) is 19.3 Å². The van der Waals surface area contributed by atoms with E-state index in [2.05, 4.69) is 32.3 Å². The van der Waals surface area contributed by atoms with E-state index in [1.807, 2.05) is 26.0 Å². The highest BCUT2D eigenvalue weighted by molar-refractivity contribution is 5.57. The van der Waals surface area contributed by atoms with Gasteiger partial charge in [-0.25, -0.2) is 9.97 Å². The zero-order chi connectivity index (χ0) is 15.5. The van der Waals surface area contributed by atoms with E-state index in [1.54, 1.807) is 0 Å². The summed E-state index contributed by atoms with van der Waals surface area (Å²) in [5, 5.41) is 7.15. The molecule has 1 fully saturated rings. The van der Waals surface area contributed by atoms with Gasteiger partial charge in [0.25, 0.3) is 0 Å². The number of aryl methyl sites for hydroxylation is 2. The van der Waals surface area contributed by atoms with Crippen molar-refractivity contribution in [2.75, 3.05) is 16.8 Å². The van der Waals surface area contributed by atoms with Crippen LogP contribution in [0, 0.1) is 13.8 Å². The molecule has 1 unspecified atom stereocenters. The molecule has 0 radical (unpaired) electrons. The van der Waals surface area contributed by atoms with E-state index < -0.39 is 0 Å². The highest BCUT2D eigenvalue weighted by Gasteiger charge is 2.22. The van der Waals surface area contributed by atoms with Gasteiger partial charge in [-0.2, -0.15) is 0 Å². The molecule has 2 aromatic heterocycles. The fraction of sp³-hybridized carbons (Fsp3) is 0.562. The number of nitrogens with zero attached hydrogens (tertiary/aromatic N) is 4. The predicted octanol–water partition coefficient (Wildman–Crippen LogP) is 3.59. The zero-order valence-corrected chi connectivity index (χ0v) is 13.5. The molecule has 1 atom stereocenters. The zero-order valence-electron chi connectivity index (χ0n) is 13.5. The van der Waals surface area contributed by atoms with Crippen LogP contribution >= 0.6 is 0 Å². The Kier molecular flexibility index (Phi) is 4.27. The second-order valence-corrected chi connectivity index (χ2v) is 5.86. The number of hydrogen-bond acceptors (Lipinski definition) is 6. The van der Waals surface area contributed by atoms with Gasteiger partial charge in [0, 0.05) is 24.7 Å². The summed E-state index contributed by atoms with van der Waals surface area (Å²) in [6, 6.07) is 4.43. The van der Waals surface area contributed by atoms with Crippen molar-refractivity contribution >= 4 is 17.5 Å². The first-order valence-corrected chi connectivity index (χ1v) is 7.98. The number of rotatable bonds is 4. The molecule has 0 aliphatic carbocycles. The van der Waals surface area contributed by atoms with Crippen LogP contribution in [-0.2, 0) is 0 Å². The summed E-state index contributed by atoms with van der Waals surface area (Å²) in [6.07, 6.45) is 4.92. The van der Waals surface area contributed by atoms with Gasteiger partial charge >= 0.3 is 0 Å². The van der Waals surface area contributed by atoms with Gasteiger partial charge < -0.3 is 14.7 Å². The Balaban J connectivity index is 1.85. The lowest BCUT2D eigenvalue weighted by molar-refractivity contribution is 0.400. The molecular weight excluding hydrogens is 278 g/mol. The molecule has 0 spiro atoms. The van der Waals surface area contributed by atoms with E-state index >= 15 is 0 Å². The van der Waals surface area contributed by atoms with E-state index in [9.17, 15) is 0 Å². The van der Waals surface area contributed by atoms with Crippen molar-refractivity contribution in [3.05, 3.63) is 23.7 Å². The van der Waals surface area contributed by atoms with Gasteiger partial charge in [-0.15, -0.1) is 0 Å². The van der Waals surface area contributed by atoms with Crippen LogP contribution in [0.3, 0.4) is 0 Å². The Morgan fingerprint density at radius 3 is 2.82 bits per heavy atom. The van der Waals surface area contributed by atoms with E-state index in [0.717, 1.165) is 36.2 Å². The number of nitrogens with one attached hydrogen (secondary N) is 1. The normalized spacial score (nSPS) is 18.5. The Bertz CT molecular complexity index is 639. The molecule has 0 aromatic carbocycles. The largest absolute Gasteiger partial charge is 0.360 e. The van der Waals surface area contributed by atoms with Crippen LogP contribution in [0.15, 0.2) is 16.7 Å². The van der Waals surface area contributed by atoms with Gasteiger partial charge in [0.05, 0.1) is 0 Å². The van der Waals surface area contributed by atoms with Crippen LogP contribution in [0.5, 0.6) is 0 Å². The predicted molar refractivity (Wildman–Crippen MR) is 86.6 cm³/mol. The third-order valence-electron chi connectivity index (χ3n) is 4.10. The minimum atomic E-state index is 0.574. The molecular formula is C16H23N5O. The van der Waals surface area contributed by atoms with Crippen LogP contribution in [-0.4, -0.2) is 27.7 Å². The van der Waals surface area contributed by atoms with Gasteiger partial charge in [-0.1, -0.05) is 12.1 Å². The molecule has 6 nitrogen and oxygen atoms in total. The summed E-state index contributed by atoms with van der Waals surface area (Å²) in [5.74, 6) is 3.97. The fourth-order valence-corrected chi connectivity index (χ4v) is 3.05. The second kappa shape index (κ2) is 6.34. The lowest BCUT2D eigenvalue weighted by Crippen LogP contribution is -2.39. The molecule has 3 rings (SSSR count). The highest BCUT2D eigenvalue weighted by atomic mass is 16.5. The molecule has 1 aliphatic heterocycles. The minimum absolute atomic E-state index is 0.574. The summed E-state index contributed by atoms with van der Waals surface area (Å²) < 4.78 is 5.08. The molecule has 0 bridgehead atoms. The van der Waals surface area contributed by atoms with Gasteiger partial charge in [-0.3, -0.25) is 0 Å². The summed E-state index contributed by atoms with van der Waals surface area (Å²) in [5.41, 5.74) is 0. The molecule has 118 valence electrons. The second-order valence-electron chi connectivity index (χ2n) is 5.86. The van der Waals surface area contributed by atoms with Crippen molar-refractivity contribution in [1.29, 1.82) is 0 Å². The fourth-order valence-electron chi connectivity index (χ4n) is 3.05. The molecule has 1 N–H and O–H groups in total. The molecule has 1 aliphatic rings. The Morgan fingerprint density at radius 1 is 1.23 bits per heavy atom. The SMILES string of the molecule is CCC1CCCCN1c1cc(Nc2cc(C)on2)nc(C)n1. The third kappa shape index (κ3) is 3.21. The smallest absolute Gasteiger partial charge is 0.175 e. The van der Waals surface area contributed by atoms with Crippen molar-refractivity contribution in [2.45, 2.75) is 52.5 Å². The van der Waals surface area contributed by atoms with Crippen molar-refractivity contribution < 1.29 is 4.52 Å². The van der Waals surface area contributed by atoms with Crippen LogP contribution in [0.1, 0.15) is 44.2 Å². The van der Waals surface area contributed by atoms with E-state index in [0.29, 0.717) is 11.9 Å². The number of piperidine rings is 1. The standard InChI is InChI=1S/C16H23N5O/c1-4-13-7-5-6-8-21(13)16-10-14(17-12(3)18-16)19-15-9-11(2)22-20-15/h9-10,13H,4-8H2,1-3H3,(H,17,18,19,20). The first-order chi connectivity index (χ1) is 10.7. The minimum Gasteiger partial charge on any atom is -0.360 e. The monoisotopic (exact) mass is 301 g/mol. The van der Waals surface area contributed by atoms with Crippen molar-refractivity contribution in [1.82, 2.24) is 15.1 Å². The van der Waals surface area contributed by atoms with Crippen molar-refractivity contribution in [3.63, 3.8) is 0 Å². The topological polar surface area (TPSA) is 67.1 Å². The number of hydrogen-bond donors (Lipinski definition) is 1. The lowest BCUT2D eigenvalue weighted by atomic mass is 10.00. The quantitative estimate of drug-likeness (QED) is 0.930. The maximum atomic E-state index is 5.08. The molecule has 0 amide bonds. The molecule has 3 heterocycles. The Morgan fingerprint density at radius 2 is 2.09 bits per heavy atom. The molecule has 6 heteroatoms. The van der Waals surface area contributed by atoms with Crippen LogP contribution in [0.2, 0.25) is 0 Å². The Hall–Kier alpha value is -2.11. The number of aromatic nitrogens is 3. The van der Waals surface area contributed by atoms with Gasteiger partial charge in [0.2, 0.25) is 0 Å². The first kappa shape index (κ1) is 14.8. The van der Waals surface area contributed by atoms with Crippen LogP contribution < -0.4 is 10.2 Å². The summed E-state index contributed by atoms with van der Waals surface area (Å²) in [6.45, 7) is 7.11. The van der Waals surface area contributed by atoms with E-state index in [4.69, 9.17) is 4.52 Å². The molecule has 2 aromatic rings. The highest BCUT2D eigenvalue weighted by Crippen LogP contribution is 2.27. The molecule has 1 saturated heterocycles. The van der Waals surface area contributed by atoms with Crippen molar-refractivity contribution in [2.24, 2.45) is 0 Å². The Labute approximate surface area is 130 Å². The number of anilines is 3. The first-order valence-electron chi connectivity index (χ1n) is 7.98. The summed E-state index contributed by atoms with van der Waals surface area (Å²) in [7, 11) is 0. The third-order valence-corrected chi connectivity index (χ3v) is 4.10. The maximum absolute atomic E-state index is 5.08. The average molecular weight is 301 g/mol. The molecule has 22 heavy (non-hydrogen) atoms. The average Bonchev–Trinajstić information content (AvgIpc) is 2.91. The summed E-state index contributed by atoms with van der Waals surface area (Å²) >= 11 is 0. The van der Waals surface area contributed by atoms with Gasteiger partial charge in [0.15, 0.2) is 5.82 Å². The lowest BCUT2D eigenvalue weighted by Gasteiger charge is -2.36. The van der Waals surface area contributed by atoms with Gasteiger partial charge in [0.1, 0.15) is 23.2 Å². The van der Waals surface area contributed by atoms with Crippen molar-refractivity contribution in [3.8, 4) is 0 Å². The maximum Gasteiger partial charge on any atom is 0.175 e.